The first-order valence-electron chi connectivity index (χ1n) is 2.98. The molecule has 0 amide bonds. The van der Waals surface area contributed by atoms with Crippen molar-refractivity contribution in [3.05, 3.63) is 28.2 Å². The molecule has 1 unspecified atom stereocenters. The molecule has 1 aromatic carbocycles. The van der Waals surface area contributed by atoms with Gasteiger partial charge in [-0.2, -0.15) is 0 Å². The van der Waals surface area contributed by atoms with E-state index < -0.39 is 11.1 Å². The topological polar surface area (TPSA) is 37.3 Å². The summed E-state index contributed by atoms with van der Waals surface area (Å²) in [5.74, 6) is 0. The van der Waals surface area contributed by atoms with Gasteiger partial charge in [-0.15, -0.1) is 0 Å². The van der Waals surface area contributed by atoms with Crippen molar-refractivity contribution in [1.29, 1.82) is 0 Å². The number of hydrogen-bond donors (Lipinski definition) is 1. The first-order chi connectivity index (χ1) is 5.11. The fourth-order valence-electron chi connectivity index (χ4n) is 0.762. The number of aryl methyl sites for hydroxylation is 1. The molecule has 0 spiro atoms. The van der Waals surface area contributed by atoms with Gasteiger partial charge in [0.1, 0.15) is 0 Å². The molecule has 1 N–H and O–H groups in total. The Morgan fingerprint density at radius 3 is 2.50 bits per heavy atom. The summed E-state index contributed by atoms with van der Waals surface area (Å²) < 4.78 is 20.3. The first kappa shape index (κ1) is 12.8. The van der Waals surface area contributed by atoms with Crippen molar-refractivity contribution in [1.82, 2.24) is 0 Å². The van der Waals surface area contributed by atoms with Gasteiger partial charge in [0.25, 0.3) is 0 Å². The Balaban J connectivity index is 0.00000121. The second-order valence-electron chi connectivity index (χ2n) is 2.16. The minimum atomic E-state index is -1.88. The molecule has 5 heteroatoms. The van der Waals surface area contributed by atoms with Crippen LogP contribution in [0.15, 0.2) is 27.6 Å². The van der Waals surface area contributed by atoms with Crippen molar-refractivity contribution in [2.75, 3.05) is 0 Å². The quantitative estimate of drug-likeness (QED) is 0.615. The summed E-state index contributed by atoms with van der Waals surface area (Å²) in [6, 6.07) is 5.28. The van der Waals surface area contributed by atoms with Crippen LogP contribution in [0, 0.1) is 6.92 Å². The van der Waals surface area contributed by atoms with Crippen LogP contribution >= 0.6 is 15.9 Å². The molecule has 0 radical (unpaired) electrons. The standard InChI is InChI=1S/C7H7BrO2S.Na.H/c1-5-2-3-6(8)4-7(5)11(9)10;;/h2-4H,1H3,(H,9,10);;. The van der Waals surface area contributed by atoms with Crippen molar-refractivity contribution in [2.45, 2.75) is 11.8 Å². The van der Waals surface area contributed by atoms with E-state index in [1.54, 1.807) is 19.1 Å². The Hall–Kier alpha value is 0.810. The molecule has 0 saturated carbocycles. The van der Waals surface area contributed by atoms with Gasteiger partial charge < -0.3 is 4.55 Å². The van der Waals surface area contributed by atoms with Gasteiger partial charge in [-0.05, 0) is 24.6 Å². The zero-order valence-corrected chi connectivity index (χ0v) is 8.28. The Morgan fingerprint density at radius 2 is 2.08 bits per heavy atom. The van der Waals surface area contributed by atoms with Gasteiger partial charge in [0, 0.05) is 4.47 Å². The van der Waals surface area contributed by atoms with Crippen molar-refractivity contribution in [2.24, 2.45) is 0 Å². The van der Waals surface area contributed by atoms with E-state index in [4.69, 9.17) is 4.55 Å². The zero-order valence-electron chi connectivity index (χ0n) is 5.87. The van der Waals surface area contributed by atoms with Gasteiger partial charge in [-0.1, -0.05) is 22.0 Å². The number of benzene rings is 1. The van der Waals surface area contributed by atoms with Crippen LogP contribution in [0.5, 0.6) is 0 Å². The van der Waals surface area contributed by atoms with Crippen LogP contribution in [0.3, 0.4) is 0 Å². The van der Waals surface area contributed by atoms with Crippen LogP contribution in [0.2, 0.25) is 0 Å². The van der Waals surface area contributed by atoms with Crippen LogP contribution < -0.4 is 0 Å². The summed E-state index contributed by atoms with van der Waals surface area (Å²) in [5.41, 5.74) is 0.828. The zero-order chi connectivity index (χ0) is 8.43. The van der Waals surface area contributed by atoms with Crippen molar-refractivity contribution >= 4 is 56.6 Å². The molecule has 0 aromatic heterocycles. The minimum absolute atomic E-state index is 0. The van der Waals surface area contributed by atoms with Gasteiger partial charge in [0.2, 0.25) is 0 Å². The molecule has 0 saturated heterocycles. The van der Waals surface area contributed by atoms with Gasteiger partial charge in [0.15, 0.2) is 11.1 Å². The third kappa shape index (κ3) is 3.28. The van der Waals surface area contributed by atoms with Gasteiger partial charge in [-0.25, -0.2) is 4.21 Å². The summed E-state index contributed by atoms with van der Waals surface area (Å²) in [4.78, 5) is 0.458. The predicted molar refractivity (Wildman–Crippen MR) is 55.1 cm³/mol. The third-order valence-electron chi connectivity index (χ3n) is 1.34. The Bertz CT molecular complexity index is 303. The molecule has 1 rings (SSSR count). The molecule has 0 aliphatic carbocycles. The van der Waals surface area contributed by atoms with Crippen LogP contribution in [-0.4, -0.2) is 38.3 Å². The fraction of sp³-hybridized carbons (Fsp3) is 0.143. The molecule has 1 aromatic rings. The molecule has 1 atom stereocenters. The van der Waals surface area contributed by atoms with E-state index >= 15 is 0 Å². The first-order valence-corrected chi connectivity index (χ1v) is 4.88. The maximum absolute atomic E-state index is 10.7. The summed E-state index contributed by atoms with van der Waals surface area (Å²) >= 11 is 1.34. The average molecular weight is 259 g/mol. The Morgan fingerprint density at radius 1 is 1.50 bits per heavy atom. The van der Waals surface area contributed by atoms with Gasteiger partial charge >= 0.3 is 29.6 Å². The molecule has 0 heterocycles. The fourth-order valence-corrected chi connectivity index (χ4v) is 1.85. The normalized spacial score (nSPS) is 11.9. The predicted octanol–water partition coefficient (Wildman–Crippen LogP) is 1.69. The summed E-state index contributed by atoms with van der Waals surface area (Å²) in [7, 11) is 0. The van der Waals surface area contributed by atoms with Gasteiger partial charge in [-0.3, -0.25) is 0 Å². The maximum atomic E-state index is 10.7. The molecule has 0 aliphatic heterocycles. The van der Waals surface area contributed by atoms with Crippen molar-refractivity contribution < 1.29 is 8.76 Å². The Labute approximate surface area is 104 Å². The molecule has 12 heavy (non-hydrogen) atoms. The van der Waals surface area contributed by atoms with Crippen LogP contribution in [0.1, 0.15) is 5.56 Å². The molecule has 0 aliphatic rings. The van der Waals surface area contributed by atoms with E-state index in [1.165, 1.54) is 0 Å². The number of halogens is 1. The van der Waals surface area contributed by atoms with E-state index in [9.17, 15) is 4.21 Å². The van der Waals surface area contributed by atoms with Crippen molar-refractivity contribution in [3.8, 4) is 0 Å². The van der Waals surface area contributed by atoms with Crippen LogP contribution in [0.4, 0.5) is 0 Å². The second kappa shape index (κ2) is 5.52. The summed E-state index contributed by atoms with van der Waals surface area (Å²) in [6.07, 6.45) is 0. The van der Waals surface area contributed by atoms with Gasteiger partial charge in [0.05, 0.1) is 4.90 Å². The van der Waals surface area contributed by atoms with Crippen LogP contribution in [-0.2, 0) is 11.1 Å². The Kier molecular flexibility index (Phi) is 5.89. The summed E-state index contributed by atoms with van der Waals surface area (Å²) in [5, 5.41) is 0. The molecular formula is C7H8BrNaO2S. The van der Waals surface area contributed by atoms with E-state index in [2.05, 4.69) is 15.9 Å². The molecule has 62 valence electrons. The van der Waals surface area contributed by atoms with Crippen LogP contribution in [0.25, 0.3) is 0 Å². The third-order valence-corrected chi connectivity index (χ3v) is 2.65. The average Bonchev–Trinajstić information content (AvgIpc) is 1.94. The molecule has 0 fully saturated rings. The summed E-state index contributed by atoms with van der Waals surface area (Å²) in [6.45, 7) is 1.80. The monoisotopic (exact) mass is 258 g/mol. The van der Waals surface area contributed by atoms with E-state index in [0.29, 0.717) is 4.90 Å². The number of rotatable bonds is 1. The van der Waals surface area contributed by atoms with E-state index in [1.807, 2.05) is 6.07 Å². The van der Waals surface area contributed by atoms with Crippen molar-refractivity contribution in [3.63, 3.8) is 0 Å². The van der Waals surface area contributed by atoms with E-state index in [0.717, 1.165) is 10.0 Å². The van der Waals surface area contributed by atoms with E-state index in [-0.39, 0.29) is 29.6 Å². The molecule has 0 bridgehead atoms. The second-order valence-corrected chi connectivity index (χ2v) is 4.01. The molecular weight excluding hydrogens is 251 g/mol. The SMILES string of the molecule is Cc1ccc(Br)cc1S(=O)O.[NaH]. The molecule has 2 nitrogen and oxygen atoms in total. The number of hydrogen-bond acceptors (Lipinski definition) is 1.